The van der Waals surface area contributed by atoms with Crippen LogP contribution in [0.1, 0.15) is 64.6 Å². The second kappa shape index (κ2) is 14.5. The predicted molar refractivity (Wildman–Crippen MR) is 150 cm³/mol. The van der Waals surface area contributed by atoms with Crippen molar-refractivity contribution >= 4 is 23.9 Å². The van der Waals surface area contributed by atoms with Crippen LogP contribution in [0.3, 0.4) is 0 Å². The smallest absolute Gasteiger partial charge is 0.433 e. The van der Waals surface area contributed by atoms with Crippen molar-refractivity contribution in [3.05, 3.63) is 35.4 Å². The van der Waals surface area contributed by atoms with Crippen LogP contribution in [-0.4, -0.2) is 85.3 Å². The molecular weight excluding hydrogens is 514 g/mol. The fourth-order valence-corrected chi connectivity index (χ4v) is 4.97. The lowest BCUT2D eigenvalue weighted by Crippen LogP contribution is -2.65. The van der Waals surface area contributed by atoms with Crippen LogP contribution in [0, 0.1) is 11.8 Å². The van der Waals surface area contributed by atoms with Gasteiger partial charge in [-0.2, -0.15) is 0 Å². The Hall–Kier alpha value is -3.18. The third-order valence-electron chi connectivity index (χ3n) is 7.41. The minimum atomic E-state index is -0.937. The zero-order valence-electron chi connectivity index (χ0n) is 24.6. The van der Waals surface area contributed by atoms with Crippen LogP contribution in [0.4, 0.5) is 4.79 Å². The number of amides is 3. The SMILES string of the molecule is CN[C@@H](C)C(=O)N[C@H](C(=O)N1CCN(OC(=O)OCC(C)C)C[C@H]1C(=O)NC1CCCc2ccccc21)C(C)C. The first-order chi connectivity index (χ1) is 19.0. The Morgan fingerprint density at radius 2 is 1.77 bits per heavy atom. The molecule has 1 aliphatic carbocycles. The summed E-state index contributed by atoms with van der Waals surface area (Å²) in [6, 6.07) is 5.63. The fraction of sp³-hybridized carbons (Fsp3) is 0.655. The molecule has 0 spiro atoms. The lowest BCUT2D eigenvalue weighted by molar-refractivity contribution is -0.174. The Kier molecular flexibility index (Phi) is 11.3. The van der Waals surface area contributed by atoms with Gasteiger partial charge in [-0.1, -0.05) is 52.0 Å². The van der Waals surface area contributed by atoms with E-state index in [1.54, 1.807) is 14.0 Å². The molecule has 1 aromatic rings. The van der Waals surface area contributed by atoms with E-state index in [1.807, 2.05) is 45.9 Å². The van der Waals surface area contributed by atoms with Gasteiger partial charge in [0.15, 0.2) is 0 Å². The first-order valence-corrected chi connectivity index (χ1v) is 14.3. The largest absolute Gasteiger partial charge is 0.527 e. The van der Waals surface area contributed by atoms with Gasteiger partial charge in [0.05, 0.1) is 31.8 Å². The van der Waals surface area contributed by atoms with E-state index in [0.29, 0.717) is 0 Å². The Morgan fingerprint density at radius 1 is 1.05 bits per heavy atom. The number of hydrogen-bond donors (Lipinski definition) is 3. The third-order valence-corrected chi connectivity index (χ3v) is 7.41. The van der Waals surface area contributed by atoms with Crippen LogP contribution >= 0.6 is 0 Å². The maximum atomic E-state index is 13.9. The van der Waals surface area contributed by atoms with Crippen molar-refractivity contribution in [1.82, 2.24) is 25.9 Å². The molecule has 1 heterocycles. The lowest BCUT2D eigenvalue weighted by atomic mass is 9.87. The van der Waals surface area contributed by atoms with Gasteiger partial charge in [0.25, 0.3) is 0 Å². The van der Waals surface area contributed by atoms with E-state index in [-0.39, 0.29) is 61.8 Å². The van der Waals surface area contributed by atoms with Crippen LogP contribution in [-0.2, 0) is 30.4 Å². The number of nitrogens with zero attached hydrogens (tertiary/aromatic N) is 2. The Bertz CT molecular complexity index is 1050. The lowest BCUT2D eigenvalue weighted by Gasteiger charge is -2.41. The van der Waals surface area contributed by atoms with Gasteiger partial charge in [0.1, 0.15) is 12.1 Å². The van der Waals surface area contributed by atoms with Crippen LogP contribution in [0.15, 0.2) is 24.3 Å². The van der Waals surface area contributed by atoms with Gasteiger partial charge in [0, 0.05) is 6.54 Å². The number of benzene rings is 1. The number of carbonyl (C=O) groups is 4. The molecule has 11 nitrogen and oxygen atoms in total. The van der Waals surface area contributed by atoms with Crippen molar-refractivity contribution in [2.24, 2.45) is 11.8 Å². The molecule has 0 radical (unpaired) electrons. The number of rotatable bonds is 10. The molecule has 3 amide bonds. The van der Waals surface area contributed by atoms with E-state index in [1.165, 1.54) is 15.5 Å². The Morgan fingerprint density at radius 3 is 2.45 bits per heavy atom. The Labute approximate surface area is 237 Å². The van der Waals surface area contributed by atoms with Crippen LogP contribution in [0.5, 0.6) is 0 Å². The number of ether oxygens (including phenoxy) is 1. The highest BCUT2D eigenvalue weighted by atomic mass is 16.8. The number of hydroxylamine groups is 2. The first kappa shape index (κ1) is 31.3. The van der Waals surface area contributed by atoms with E-state index in [9.17, 15) is 19.2 Å². The van der Waals surface area contributed by atoms with Gasteiger partial charge in [-0.3, -0.25) is 14.4 Å². The third kappa shape index (κ3) is 8.17. The molecule has 1 fully saturated rings. The van der Waals surface area contributed by atoms with Gasteiger partial charge >= 0.3 is 6.16 Å². The van der Waals surface area contributed by atoms with Crippen LogP contribution < -0.4 is 16.0 Å². The molecule has 1 saturated heterocycles. The molecule has 0 saturated carbocycles. The fourth-order valence-electron chi connectivity index (χ4n) is 4.97. The van der Waals surface area contributed by atoms with Crippen LogP contribution in [0.2, 0.25) is 0 Å². The van der Waals surface area contributed by atoms with Gasteiger partial charge in [-0.05, 0) is 56.2 Å². The van der Waals surface area contributed by atoms with E-state index in [2.05, 4.69) is 22.0 Å². The number of carbonyl (C=O) groups excluding carboxylic acids is 4. The molecule has 222 valence electrons. The number of aryl methyl sites for hydroxylation is 1. The minimum Gasteiger partial charge on any atom is -0.433 e. The quantitative estimate of drug-likeness (QED) is 0.372. The van der Waals surface area contributed by atoms with Gasteiger partial charge in [0.2, 0.25) is 17.7 Å². The predicted octanol–water partition coefficient (Wildman–Crippen LogP) is 2.17. The molecule has 4 atom stereocenters. The molecule has 3 rings (SSSR count). The summed E-state index contributed by atoms with van der Waals surface area (Å²) in [6.45, 7) is 9.78. The maximum absolute atomic E-state index is 13.9. The monoisotopic (exact) mass is 559 g/mol. The summed E-state index contributed by atoms with van der Waals surface area (Å²) in [7, 11) is 1.67. The van der Waals surface area contributed by atoms with E-state index in [0.717, 1.165) is 24.8 Å². The Balaban J connectivity index is 1.81. The number of nitrogens with one attached hydrogen (secondary N) is 3. The second-order valence-electron chi connectivity index (χ2n) is 11.4. The molecule has 1 unspecified atom stereocenters. The highest BCUT2D eigenvalue weighted by Crippen LogP contribution is 2.30. The summed E-state index contributed by atoms with van der Waals surface area (Å²) in [5, 5.41) is 10.3. The zero-order valence-corrected chi connectivity index (χ0v) is 24.6. The minimum absolute atomic E-state index is 0.0194. The average molecular weight is 560 g/mol. The normalized spacial score (nSPS) is 20.9. The molecule has 0 bridgehead atoms. The van der Waals surface area contributed by atoms with Crippen molar-refractivity contribution in [3.8, 4) is 0 Å². The van der Waals surface area contributed by atoms with Crippen molar-refractivity contribution in [2.45, 2.75) is 78.0 Å². The van der Waals surface area contributed by atoms with Crippen molar-refractivity contribution in [3.63, 3.8) is 0 Å². The molecule has 11 heteroatoms. The molecule has 1 aromatic carbocycles. The summed E-state index contributed by atoms with van der Waals surface area (Å²) >= 11 is 0. The first-order valence-electron chi connectivity index (χ1n) is 14.3. The van der Waals surface area contributed by atoms with Crippen molar-refractivity contribution in [2.75, 3.05) is 33.3 Å². The molecule has 0 aromatic heterocycles. The number of fused-ring (bicyclic) bond motifs is 1. The van der Waals surface area contributed by atoms with Gasteiger partial charge < -0.3 is 30.4 Å². The second-order valence-corrected chi connectivity index (χ2v) is 11.4. The topological polar surface area (TPSA) is 129 Å². The summed E-state index contributed by atoms with van der Waals surface area (Å²) in [5.74, 6) is -1.05. The molecular formula is C29H45N5O6. The van der Waals surface area contributed by atoms with Gasteiger partial charge in [-0.15, -0.1) is 5.06 Å². The summed E-state index contributed by atoms with van der Waals surface area (Å²) in [5.41, 5.74) is 2.28. The van der Waals surface area contributed by atoms with Crippen molar-refractivity contribution in [1.29, 1.82) is 0 Å². The zero-order chi connectivity index (χ0) is 29.4. The van der Waals surface area contributed by atoms with E-state index < -0.39 is 24.3 Å². The van der Waals surface area contributed by atoms with Crippen LogP contribution in [0.25, 0.3) is 0 Å². The summed E-state index contributed by atoms with van der Waals surface area (Å²) < 4.78 is 5.15. The van der Waals surface area contributed by atoms with E-state index in [4.69, 9.17) is 9.57 Å². The molecule has 40 heavy (non-hydrogen) atoms. The standard InChI is InChI=1S/C29H45N5O6/c1-18(2)17-39-29(38)40-33-14-15-34(28(37)25(19(3)4)32-26(35)20(5)30-6)24(16-33)27(36)31-23-13-9-11-21-10-7-8-12-22(21)23/h7-8,10,12,18-20,23-25,30H,9,11,13-17H2,1-6H3,(H,31,36)(H,32,35)/t20-,23?,24-,25-/m0/s1. The molecule has 1 aliphatic heterocycles. The molecule has 3 N–H and O–H groups in total. The average Bonchev–Trinajstić information content (AvgIpc) is 2.93. The van der Waals surface area contributed by atoms with Gasteiger partial charge in [-0.25, -0.2) is 4.79 Å². The number of hydrogen-bond acceptors (Lipinski definition) is 8. The number of likely N-dealkylation sites (N-methyl/N-ethyl adjacent to an activating group) is 1. The molecule has 2 aliphatic rings. The van der Waals surface area contributed by atoms with Crippen molar-refractivity contribution < 1.29 is 28.8 Å². The number of piperazine rings is 1. The maximum Gasteiger partial charge on any atom is 0.527 e. The highest BCUT2D eigenvalue weighted by Gasteiger charge is 2.41. The summed E-state index contributed by atoms with van der Waals surface area (Å²) in [6.07, 6.45) is 1.84. The summed E-state index contributed by atoms with van der Waals surface area (Å²) in [4.78, 5) is 59.5. The van der Waals surface area contributed by atoms with E-state index >= 15 is 0 Å². The highest BCUT2D eigenvalue weighted by molar-refractivity contribution is 5.93.